The third kappa shape index (κ3) is 3.42. The molecular weight excluding hydrogens is 354 g/mol. The van der Waals surface area contributed by atoms with Crippen LogP contribution in [-0.2, 0) is 13.6 Å². The van der Waals surface area contributed by atoms with Crippen LogP contribution in [-0.4, -0.2) is 25.5 Å². The van der Waals surface area contributed by atoms with Crippen LogP contribution in [0.4, 0.5) is 5.69 Å². The second-order valence-electron chi connectivity index (χ2n) is 6.69. The van der Waals surface area contributed by atoms with E-state index in [0.29, 0.717) is 23.1 Å². The Hall–Kier alpha value is -3.74. The van der Waals surface area contributed by atoms with Gasteiger partial charge in [-0.1, -0.05) is 42.0 Å². The van der Waals surface area contributed by atoms with Gasteiger partial charge in [-0.2, -0.15) is 10.2 Å². The first-order valence-electron chi connectivity index (χ1n) is 8.86. The fraction of sp³-hybridized carbons (Fsp3) is 0.143. The third-order valence-electron chi connectivity index (χ3n) is 4.50. The van der Waals surface area contributed by atoms with E-state index in [1.54, 1.807) is 34.9 Å². The zero-order valence-electron chi connectivity index (χ0n) is 15.6. The van der Waals surface area contributed by atoms with Gasteiger partial charge in [-0.25, -0.2) is 0 Å². The van der Waals surface area contributed by atoms with Crippen LogP contribution in [0.25, 0.3) is 10.9 Å². The van der Waals surface area contributed by atoms with Crippen molar-refractivity contribution in [3.05, 3.63) is 88.0 Å². The standard InChI is InChI=1S/C21H19N5O2/c1-14-8-9-18-17(10-14)20(27)19(24-25(18)2)21(28)23-16-11-22-26(13-16)12-15-6-4-3-5-7-15/h3-11,13H,12H2,1-2H3,(H,23,28). The molecule has 0 saturated heterocycles. The number of nitrogens with one attached hydrogen (secondary N) is 1. The summed E-state index contributed by atoms with van der Waals surface area (Å²) in [5.41, 5.74) is 2.72. The first-order valence-corrected chi connectivity index (χ1v) is 8.86. The van der Waals surface area contributed by atoms with E-state index in [-0.39, 0.29) is 11.1 Å². The number of benzene rings is 2. The SMILES string of the molecule is Cc1ccc2c(c1)c(=O)c(C(=O)Nc1cnn(Cc3ccccc3)c1)nn2C. The molecule has 7 nitrogen and oxygen atoms in total. The van der Waals surface area contributed by atoms with Crippen molar-refractivity contribution in [2.24, 2.45) is 7.05 Å². The van der Waals surface area contributed by atoms with Gasteiger partial charge < -0.3 is 5.32 Å². The fourth-order valence-electron chi connectivity index (χ4n) is 3.11. The number of nitrogens with zero attached hydrogens (tertiary/aromatic N) is 4. The van der Waals surface area contributed by atoms with Gasteiger partial charge in [0.1, 0.15) is 0 Å². The molecule has 0 atom stereocenters. The number of rotatable bonds is 4. The summed E-state index contributed by atoms with van der Waals surface area (Å²) in [5, 5.41) is 11.6. The number of hydrogen-bond donors (Lipinski definition) is 1. The van der Waals surface area contributed by atoms with Gasteiger partial charge in [-0.05, 0) is 24.6 Å². The van der Waals surface area contributed by atoms with Gasteiger partial charge in [-0.3, -0.25) is 19.0 Å². The molecule has 7 heteroatoms. The van der Waals surface area contributed by atoms with Crippen LogP contribution in [0.1, 0.15) is 21.6 Å². The minimum Gasteiger partial charge on any atom is -0.318 e. The highest BCUT2D eigenvalue weighted by molar-refractivity contribution is 6.04. The molecule has 4 aromatic rings. The summed E-state index contributed by atoms with van der Waals surface area (Å²) < 4.78 is 3.27. The summed E-state index contributed by atoms with van der Waals surface area (Å²) in [6.45, 7) is 2.49. The molecule has 0 saturated carbocycles. The number of amides is 1. The lowest BCUT2D eigenvalue weighted by molar-refractivity contribution is 0.101. The van der Waals surface area contributed by atoms with Crippen molar-refractivity contribution in [1.29, 1.82) is 0 Å². The fourth-order valence-corrected chi connectivity index (χ4v) is 3.11. The van der Waals surface area contributed by atoms with Crippen molar-refractivity contribution >= 4 is 22.5 Å². The van der Waals surface area contributed by atoms with Crippen molar-refractivity contribution in [2.75, 3.05) is 5.32 Å². The first-order chi connectivity index (χ1) is 13.5. The Balaban J connectivity index is 1.59. The van der Waals surface area contributed by atoms with Gasteiger partial charge in [0.15, 0.2) is 5.69 Å². The van der Waals surface area contributed by atoms with Gasteiger partial charge in [0.05, 0.1) is 29.3 Å². The maximum Gasteiger partial charge on any atom is 0.280 e. The molecule has 1 amide bonds. The molecule has 0 spiro atoms. The number of hydrogen-bond acceptors (Lipinski definition) is 4. The lowest BCUT2D eigenvalue weighted by Gasteiger charge is -2.08. The topological polar surface area (TPSA) is 81.8 Å². The molecule has 28 heavy (non-hydrogen) atoms. The van der Waals surface area contributed by atoms with Gasteiger partial charge in [0.25, 0.3) is 5.91 Å². The Bertz CT molecular complexity index is 1220. The summed E-state index contributed by atoms with van der Waals surface area (Å²) in [4.78, 5) is 25.4. The van der Waals surface area contributed by atoms with E-state index >= 15 is 0 Å². The molecule has 0 aliphatic heterocycles. The molecule has 0 radical (unpaired) electrons. The average Bonchev–Trinajstić information content (AvgIpc) is 3.12. The predicted octanol–water partition coefficient (Wildman–Crippen LogP) is 2.74. The van der Waals surface area contributed by atoms with E-state index in [9.17, 15) is 9.59 Å². The number of carbonyl (C=O) groups is 1. The second-order valence-corrected chi connectivity index (χ2v) is 6.69. The predicted molar refractivity (Wildman–Crippen MR) is 107 cm³/mol. The Morgan fingerprint density at radius 1 is 1.14 bits per heavy atom. The number of aromatic nitrogens is 4. The molecule has 2 aromatic heterocycles. The van der Waals surface area contributed by atoms with E-state index in [1.807, 2.05) is 49.4 Å². The van der Waals surface area contributed by atoms with Gasteiger partial charge in [0.2, 0.25) is 5.43 Å². The van der Waals surface area contributed by atoms with Gasteiger partial charge >= 0.3 is 0 Å². The second kappa shape index (κ2) is 7.11. The van der Waals surface area contributed by atoms with Crippen molar-refractivity contribution in [2.45, 2.75) is 13.5 Å². The molecular formula is C21H19N5O2. The monoisotopic (exact) mass is 373 g/mol. The third-order valence-corrected chi connectivity index (χ3v) is 4.50. The quantitative estimate of drug-likeness (QED) is 0.596. The molecule has 140 valence electrons. The van der Waals surface area contributed by atoms with Crippen LogP contribution in [0.3, 0.4) is 0 Å². The normalized spacial score (nSPS) is 10.9. The Morgan fingerprint density at radius 2 is 1.93 bits per heavy atom. The maximum atomic E-state index is 12.8. The Morgan fingerprint density at radius 3 is 2.71 bits per heavy atom. The smallest absolute Gasteiger partial charge is 0.280 e. The van der Waals surface area contributed by atoms with Crippen LogP contribution in [0.5, 0.6) is 0 Å². The van der Waals surface area contributed by atoms with Crippen LogP contribution < -0.4 is 10.7 Å². The van der Waals surface area contributed by atoms with E-state index in [0.717, 1.165) is 11.1 Å². The first kappa shape index (κ1) is 17.7. The highest BCUT2D eigenvalue weighted by atomic mass is 16.2. The van der Waals surface area contributed by atoms with E-state index in [4.69, 9.17) is 0 Å². The minimum atomic E-state index is -0.553. The Labute approximate surface area is 161 Å². The molecule has 0 unspecified atom stereocenters. The summed E-state index contributed by atoms with van der Waals surface area (Å²) >= 11 is 0. The zero-order chi connectivity index (χ0) is 19.7. The summed E-state index contributed by atoms with van der Waals surface area (Å²) in [5.74, 6) is -0.553. The highest BCUT2D eigenvalue weighted by Crippen LogP contribution is 2.13. The van der Waals surface area contributed by atoms with Crippen LogP contribution >= 0.6 is 0 Å². The van der Waals surface area contributed by atoms with E-state index < -0.39 is 5.91 Å². The van der Waals surface area contributed by atoms with Crippen LogP contribution in [0.15, 0.2) is 65.7 Å². The molecule has 0 fully saturated rings. The van der Waals surface area contributed by atoms with Crippen molar-refractivity contribution in [3.63, 3.8) is 0 Å². The van der Waals surface area contributed by atoms with Crippen molar-refractivity contribution in [3.8, 4) is 0 Å². The van der Waals surface area contributed by atoms with Crippen LogP contribution in [0.2, 0.25) is 0 Å². The largest absolute Gasteiger partial charge is 0.318 e. The molecule has 0 aliphatic rings. The summed E-state index contributed by atoms with van der Waals surface area (Å²) in [6.07, 6.45) is 3.27. The van der Waals surface area contributed by atoms with Crippen LogP contribution in [0, 0.1) is 6.92 Å². The molecule has 1 N–H and O–H groups in total. The molecule has 4 rings (SSSR count). The van der Waals surface area contributed by atoms with Crippen molar-refractivity contribution in [1.82, 2.24) is 19.6 Å². The van der Waals surface area contributed by atoms with Gasteiger partial charge in [-0.15, -0.1) is 0 Å². The highest BCUT2D eigenvalue weighted by Gasteiger charge is 2.17. The van der Waals surface area contributed by atoms with E-state index in [1.165, 1.54) is 0 Å². The molecule has 0 aliphatic carbocycles. The Kier molecular flexibility index (Phi) is 4.49. The molecule has 2 aromatic carbocycles. The summed E-state index contributed by atoms with van der Waals surface area (Å²) in [7, 11) is 1.71. The number of carbonyl (C=O) groups excluding carboxylic acids is 1. The van der Waals surface area contributed by atoms with Gasteiger partial charge in [0, 0.05) is 13.2 Å². The number of aryl methyl sites for hydroxylation is 2. The summed E-state index contributed by atoms with van der Waals surface area (Å²) in [6, 6.07) is 15.4. The zero-order valence-corrected chi connectivity index (χ0v) is 15.6. The van der Waals surface area contributed by atoms with E-state index in [2.05, 4.69) is 15.5 Å². The minimum absolute atomic E-state index is 0.142. The molecule has 2 heterocycles. The lowest BCUT2D eigenvalue weighted by Crippen LogP contribution is -2.26. The molecule has 0 bridgehead atoms. The lowest BCUT2D eigenvalue weighted by atomic mass is 10.1. The average molecular weight is 373 g/mol. The number of fused-ring (bicyclic) bond motifs is 1. The maximum absolute atomic E-state index is 12.8. The number of anilines is 1. The van der Waals surface area contributed by atoms with Crippen molar-refractivity contribution < 1.29 is 4.79 Å².